The molecule has 0 spiro atoms. The lowest BCUT2D eigenvalue weighted by Gasteiger charge is -2.26. The summed E-state index contributed by atoms with van der Waals surface area (Å²) in [5, 5.41) is 19.5. The van der Waals surface area contributed by atoms with Crippen molar-refractivity contribution in [1.29, 1.82) is 0 Å². The van der Waals surface area contributed by atoms with Crippen LogP contribution in [0.1, 0.15) is 51.7 Å². The molecule has 0 aliphatic carbocycles. The highest BCUT2D eigenvalue weighted by molar-refractivity contribution is 5.94. The van der Waals surface area contributed by atoms with Crippen LogP contribution in [0, 0.1) is 0 Å². The fourth-order valence-corrected chi connectivity index (χ4v) is 2.98. The summed E-state index contributed by atoms with van der Waals surface area (Å²) >= 11 is 0. The molecule has 2 rings (SSSR count). The molecule has 0 aromatic heterocycles. The molecule has 0 saturated heterocycles. The zero-order valence-corrected chi connectivity index (χ0v) is 20.4. The van der Waals surface area contributed by atoms with Crippen LogP contribution >= 0.6 is 0 Å². The summed E-state index contributed by atoms with van der Waals surface area (Å²) in [6.07, 6.45) is -3.27. The van der Waals surface area contributed by atoms with E-state index >= 15 is 0 Å². The van der Waals surface area contributed by atoms with Crippen LogP contribution in [-0.4, -0.2) is 34.4 Å². The molecule has 8 heteroatoms. The third kappa shape index (κ3) is 8.45. The number of ketones is 2. The van der Waals surface area contributed by atoms with Crippen LogP contribution in [0.2, 0.25) is 0 Å². The fraction of sp³-hybridized carbons (Fsp3) is 0.333. The third-order valence-corrected chi connectivity index (χ3v) is 5.33. The molecule has 2 aromatic carbocycles. The zero-order chi connectivity index (χ0) is 26.2. The molecule has 0 fully saturated rings. The number of hydrogen-bond donors (Lipinski definition) is 2. The molecule has 35 heavy (non-hydrogen) atoms. The van der Waals surface area contributed by atoms with Crippen LogP contribution in [0.3, 0.4) is 0 Å². The van der Waals surface area contributed by atoms with Gasteiger partial charge in [0.25, 0.3) is 0 Å². The highest BCUT2D eigenvalue weighted by Crippen LogP contribution is 2.33. The van der Waals surface area contributed by atoms with Gasteiger partial charge in [-0.25, -0.2) is 0 Å². The Balaban J connectivity index is 1.94. The first kappa shape index (κ1) is 27.9. The average molecular weight is 485 g/mol. The molecule has 0 aliphatic heterocycles. The highest BCUT2D eigenvalue weighted by atomic mass is 17.2. The normalized spacial score (nSPS) is 13.0. The van der Waals surface area contributed by atoms with Crippen molar-refractivity contribution >= 4 is 11.6 Å². The fourth-order valence-electron chi connectivity index (χ4n) is 2.98. The molecule has 0 amide bonds. The number of allylic oxidation sites excluding steroid dienone is 2. The molecule has 8 nitrogen and oxygen atoms in total. The SMILES string of the molecule is C=C(C)C(=O)CC(O)OOc1ccc(C(C)(C)c2ccc(OOC(O)CC(=O)C(=C)C)cc2)cc1. The second kappa shape index (κ2) is 12.4. The van der Waals surface area contributed by atoms with Crippen molar-refractivity contribution in [2.24, 2.45) is 0 Å². The highest BCUT2D eigenvalue weighted by Gasteiger charge is 2.23. The Hall–Kier alpha value is -3.30. The van der Waals surface area contributed by atoms with Gasteiger partial charge in [0.05, 0.1) is 12.8 Å². The standard InChI is InChI=1S/C27H32O8/c1-17(2)23(28)15-25(30)34-32-21-11-7-19(8-12-21)27(5,6)20-9-13-22(14-10-20)33-35-26(31)16-24(29)18(3)4/h7-14,25-26,30-31H,1,3,15-16H2,2,4-6H3. The Morgan fingerprint density at radius 1 is 0.743 bits per heavy atom. The van der Waals surface area contributed by atoms with E-state index in [2.05, 4.69) is 13.2 Å². The number of aliphatic hydroxyl groups is 2. The van der Waals surface area contributed by atoms with Gasteiger partial charge in [0.2, 0.25) is 12.6 Å². The summed E-state index contributed by atoms with van der Waals surface area (Å²) in [5.74, 6) is 0.123. The number of benzene rings is 2. The smallest absolute Gasteiger partial charge is 0.207 e. The summed E-state index contributed by atoms with van der Waals surface area (Å²) in [4.78, 5) is 43.1. The van der Waals surface area contributed by atoms with Crippen molar-refractivity contribution in [3.05, 3.63) is 84.0 Å². The van der Waals surface area contributed by atoms with Crippen molar-refractivity contribution in [1.82, 2.24) is 0 Å². The first-order chi connectivity index (χ1) is 16.4. The summed E-state index contributed by atoms with van der Waals surface area (Å²) < 4.78 is 0. The van der Waals surface area contributed by atoms with Crippen LogP contribution in [0.5, 0.6) is 11.5 Å². The predicted molar refractivity (Wildman–Crippen MR) is 129 cm³/mol. The van der Waals surface area contributed by atoms with Gasteiger partial charge in [-0.15, -0.1) is 0 Å². The molecule has 0 saturated carbocycles. The summed E-state index contributed by atoms with van der Waals surface area (Å²) in [5.41, 5.74) is 2.26. The van der Waals surface area contributed by atoms with Gasteiger partial charge in [-0.2, -0.15) is 9.78 Å². The van der Waals surface area contributed by atoms with Crippen LogP contribution in [0.4, 0.5) is 0 Å². The lowest BCUT2D eigenvalue weighted by molar-refractivity contribution is -0.304. The summed E-state index contributed by atoms with van der Waals surface area (Å²) in [6.45, 7) is 14.3. The number of carbonyl (C=O) groups is 2. The zero-order valence-electron chi connectivity index (χ0n) is 20.4. The monoisotopic (exact) mass is 484 g/mol. The third-order valence-electron chi connectivity index (χ3n) is 5.33. The second-order valence-electron chi connectivity index (χ2n) is 8.76. The van der Waals surface area contributed by atoms with Crippen molar-refractivity contribution < 1.29 is 39.4 Å². The van der Waals surface area contributed by atoms with E-state index in [9.17, 15) is 19.8 Å². The van der Waals surface area contributed by atoms with E-state index in [0.717, 1.165) is 11.1 Å². The van der Waals surface area contributed by atoms with Gasteiger partial charge < -0.3 is 20.0 Å². The molecular formula is C27H32O8. The Kier molecular flexibility index (Phi) is 9.91. The minimum absolute atomic E-state index is 0.239. The van der Waals surface area contributed by atoms with Crippen molar-refractivity contribution in [2.75, 3.05) is 0 Å². The number of aliphatic hydroxyl groups excluding tert-OH is 2. The summed E-state index contributed by atoms with van der Waals surface area (Å²) in [7, 11) is 0. The van der Waals surface area contributed by atoms with Gasteiger partial charge in [0, 0.05) is 5.41 Å². The lowest BCUT2D eigenvalue weighted by atomic mass is 9.78. The van der Waals surface area contributed by atoms with E-state index in [0.29, 0.717) is 22.6 Å². The maximum atomic E-state index is 11.6. The van der Waals surface area contributed by atoms with E-state index in [-0.39, 0.29) is 29.8 Å². The molecule has 0 bridgehead atoms. The van der Waals surface area contributed by atoms with Gasteiger partial charge in [-0.1, -0.05) is 51.3 Å². The first-order valence-corrected chi connectivity index (χ1v) is 11.0. The van der Waals surface area contributed by atoms with Gasteiger partial charge in [0.1, 0.15) is 0 Å². The quantitative estimate of drug-likeness (QED) is 0.176. The minimum Gasteiger partial charge on any atom is -0.364 e. The van der Waals surface area contributed by atoms with Crippen molar-refractivity contribution in [3.63, 3.8) is 0 Å². The van der Waals surface area contributed by atoms with E-state index in [1.165, 1.54) is 0 Å². The maximum Gasteiger partial charge on any atom is 0.207 e. The second-order valence-corrected chi connectivity index (χ2v) is 8.76. The summed E-state index contributed by atoms with van der Waals surface area (Å²) in [6, 6.07) is 14.3. The van der Waals surface area contributed by atoms with Crippen LogP contribution in [0.25, 0.3) is 0 Å². The van der Waals surface area contributed by atoms with Crippen LogP contribution in [0.15, 0.2) is 72.8 Å². The maximum absolute atomic E-state index is 11.6. The number of rotatable bonds is 14. The number of hydrogen-bond acceptors (Lipinski definition) is 8. The molecule has 2 N–H and O–H groups in total. The number of Topliss-reactive ketones (excluding diaryl/α,β-unsaturated/α-hetero) is 2. The van der Waals surface area contributed by atoms with Gasteiger partial charge in [-0.05, 0) is 60.4 Å². The Labute approximate surface area is 205 Å². The van der Waals surface area contributed by atoms with E-state index in [1.807, 2.05) is 38.1 Å². The largest absolute Gasteiger partial charge is 0.364 e. The molecule has 0 radical (unpaired) electrons. The number of carbonyl (C=O) groups excluding carboxylic acids is 2. The first-order valence-electron chi connectivity index (χ1n) is 11.0. The van der Waals surface area contributed by atoms with E-state index in [1.54, 1.807) is 38.1 Å². The van der Waals surface area contributed by atoms with E-state index < -0.39 is 12.6 Å². The Morgan fingerprint density at radius 2 is 1.06 bits per heavy atom. The van der Waals surface area contributed by atoms with Crippen LogP contribution < -0.4 is 9.78 Å². The van der Waals surface area contributed by atoms with Crippen LogP contribution in [-0.2, 0) is 24.8 Å². The van der Waals surface area contributed by atoms with Gasteiger partial charge in [0.15, 0.2) is 23.1 Å². The molecule has 2 unspecified atom stereocenters. The molecular weight excluding hydrogens is 452 g/mol. The lowest BCUT2D eigenvalue weighted by Crippen LogP contribution is -2.20. The van der Waals surface area contributed by atoms with E-state index in [4.69, 9.17) is 19.6 Å². The molecule has 2 aromatic rings. The molecule has 0 heterocycles. The van der Waals surface area contributed by atoms with Crippen molar-refractivity contribution in [3.8, 4) is 11.5 Å². The predicted octanol–water partition coefficient (Wildman–Crippen LogP) is 4.34. The topological polar surface area (TPSA) is 112 Å². The Morgan fingerprint density at radius 3 is 1.34 bits per heavy atom. The molecule has 188 valence electrons. The molecule has 0 aliphatic rings. The van der Waals surface area contributed by atoms with Gasteiger partial charge >= 0.3 is 0 Å². The van der Waals surface area contributed by atoms with Gasteiger partial charge in [-0.3, -0.25) is 9.59 Å². The molecule has 2 atom stereocenters. The Bertz CT molecular complexity index is 954. The minimum atomic E-state index is -1.40. The van der Waals surface area contributed by atoms with Crippen molar-refractivity contribution in [2.45, 2.75) is 58.5 Å². The average Bonchev–Trinajstić information content (AvgIpc) is 2.81.